The topological polar surface area (TPSA) is 35.6 Å². The molecule has 0 radical (unpaired) electrons. The second kappa shape index (κ2) is 18.9. The highest BCUT2D eigenvalue weighted by atomic mass is 32.0. The zero-order valence-electron chi connectivity index (χ0n) is 37.9. The van der Waals surface area contributed by atoms with Gasteiger partial charge in [-0.2, -0.15) is 0 Å². The van der Waals surface area contributed by atoms with Gasteiger partial charge in [0.05, 0.1) is 33.1 Å². The first-order valence-corrected chi connectivity index (χ1v) is 26.7. The first-order valence-electron chi connectivity index (χ1n) is 22.9. The highest BCUT2D eigenvalue weighted by Crippen LogP contribution is 2.39. The predicted octanol–water partition coefficient (Wildman–Crippen LogP) is 17.2. The van der Waals surface area contributed by atoms with Gasteiger partial charge in [-0.3, -0.25) is 9.97 Å². The summed E-state index contributed by atoms with van der Waals surface area (Å²) in [5, 5.41) is 7.35. The van der Waals surface area contributed by atoms with Crippen LogP contribution in [0.2, 0.25) is 0 Å². The number of hydrogen-bond acceptors (Lipinski definition) is 2. The van der Waals surface area contributed by atoms with E-state index in [1.165, 1.54) is 88.4 Å². The van der Waals surface area contributed by atoms with Gasteiger partial charge in [0.25, 0.3) is 0 Å². The van der Waals surface area contributed by atoms with Crippen molar-refractivity contribution in [3.05, 3.63) is 243 Å². The van der Waals surface area contributed by atoms with Crippen LogP contribution in [-0.4, -0.2) is 32.4 Å². The maximum atomic E-state index is 4.67. The van der Waals surface area contributed by atoms with Crippen LogP contribution in [0.15, 0.2) is 243 Å². The van der Waals surface area contributed by atoms with Gasteiger partial charge in [-0.05, 0) is 120 Å². The molecule has 0 saturated carbocycles. The smallest absolute Gasteiger partial charge is 0.0970 e. The molecule has 4 heterocycles. The maximum absolute atomic E-state index is 4.67. The molecule has 68 heavy (non-hydrogen) atoms. The molecule has 4 nitrogen and oxygen atoms in total. The van der Waals surface area contributed by atoms with Crippen molar-refractivity contribution in [1.29, 1.82) is 0 Å². The zero-order valence-corrected chi connectivity index (χ0v) is 40.0. The molecule has 0 aliphatic heterocycles. The van der Waals surface area contributed by atoms with E-state index in [4.69, 9.17) is 0 Å². The monoisotopic (exact) mass is 910 g/mol. The molecule has 0 aliphatic rings. The van der Waals surface area contributed by atoms with Crippen molar-refractivity contribution in [3.8, 4) is 44.8 Å². The van der Waals surface area contributed by atoms with Gasteiger partial charge < -0.3 is 9.13 Å². The van der Waals surface area contributed by atoms with Gasteiger partial charge in [0, 0.05) is 56.1 Å². The van der Waals surface area contributed by atoms with E-state index in [2.05, 4.69) is 260 Å². The summed E-state index contributed by atoms with van der Waals surface area (Å²) >= 11 is 0. The first kappa shape index (κ1) is 42.9. The van der Waals surface area contributed by atoms with Crippen LogP contribution in [0, 0.1) is 0 Å². The van der Waals surface area contributed by atoms with E-state index in [9.17, 15) is 0 Å². The van der Waals surface area contributed by atoms with Crippen molar-refractivity contribution in [2.75, 3.05) is 13.3 Å². The number of pyridine rings is 2. The second-order valence-corrected chi connectivity index (χ2v) is 22.1. The molecule has 0 amide bonds. The lowest BCUT2D eigenvalue weighted by atomic mass is 9.97. The molecule has 326 valence electrons. The Hall–Kier alpha value is -7.74. The number of fused-ring (bicyclic) bond motifs is 9. The van der Waals surface area contributed by atoms with E-state index < -0.39 is 0 Å². The minimum Gasteiger partial charge on any atom is -0.309 e. The molecule has 0 saturated heterocycles. The summed E-state index contributed by atoms with van der Waals surface area (Å²) in [5.41, 5.74) is 16.4. The number of benzene rings is 9. The fourth-order valence-corrected chi connectivity index (χ4v) is 9.58. The Morgan fingerprint density at radius 1 is 0.324 bits per heavy atom. The molecular formula is C62H48N4P2. The Kier molecular flexibility index (Phi) is 11.9. The van der Waals surface area contributed by atoms with Crippen LogP contribution in [0.4, 0.5) is 0 Å². The van der Waals surface area contributed by atoms with E-state index in [0.717, 1.165) is 21.8 Å². The molecule has 0 spiro atoms. The van der Waals surface area contributed by atoms with Gasteiger partial charge in [-0.25, -0.2) is 0 Å². The van der Waals surface area contributed by atoms with E-state index in [0.29, 0.717) is 7.61 Å². The largest absolute Gasteiger partial charge is 0.309 e. The van der Waals surface area contributed by atoms with E-state index in [1.807, 2.05) is 24.5 Å². The second-order valence-electron chi connectivity index (χ2n) is 17.1. The Morgan fingerprint density at radius 2 is 0.662 bits per heavy atom. The van der Waals surface area contributed by atoms with Crippen LogP contribution in [0.3, 0.4) is 0 Å². The standard InChI is InChI=1S/C36H24N2.C24H16N2.C2H8P2/c1-3-11-27(12-4-1)37-33-17-9-7-15-29(33)31-23-25(19-21-35(31)37)26-20-22-36-32(24-26)30-16-8-10-18-34(30)38(36)28-13-5-2-6-14-28;1-3-7-17(8-4-1)19-13-15-25-23-21(19)11-12-22-20(14-16-26-24(22)23)18-9-5-2-6-10-18;1-4(2)3/h1-24H;1-16H;3H2,1-2H3. The summed E-state index contributed by atoms with van der Waals surface area (Å²) < 4.78 is 4.73. The Labute approximate surface area is 400 Å². The molecule has 13 aromatic rings. The van der Waals surface area contributed by atoms with Gasteiger partial charge in [0.2, 0.25) is 0 Å². The summed E-state index contributed by atoms with van der Waals surface area (Å²) in [4.78, 5) is 9.34. The highest BCUT2D eigenvalue weighted by molar-refractivity contribution is 8.12. The van der Waals surface area contributed by atoms with Crippen LogP contribution < -0.4 is 0 Å². The molecular weight excluding hydrogens is 863 g/mol. The van der Waals surface area contributed by atoms with Crippen molar-refractivity contribution in [2.24, 2.45) is 0 Å². The van der Waals surface area contributed by atoms with Crippen molar-refractivity contribution >= 4 is 82.0 Å². The van der Waals surface area contributed by atoms with Crippen LogP contribution in [0.1, 0.15) is 0 Å². The summed E-state index contributed by atoms with van der Waals surface area (Å²) in [6.45, 7) is 4.39. The third-order valence-corrected chi connectivity index (χ3v) is 12.5. The van der Waals surface area contributed by atoms with Crippen molar-refractivity contribution in [2.45, 2.75) is 0 Å². The molecule has 6 heteroatoms. The molecule has 0 aliphatic carbocycles. The molecule has 1 unspecified atom stereocenters. The quantitative estimate of drug-likeness (QED) is 0.127. The summed E-state index contributed by atoms with van der Waals surface area (Å²) in [6.07, 6.45) is 3.75. The van der Waals surface area contributed by atoms with E-state index in [-0.39, 0.29) is 0 Å². The van der Waals surface area contributed by atoms with E-state index in [1.54, 1.807) is 0 Å². The van der Waals surface area contributed by atoms with Crippen LogP contribution >= 0.6 is 16.5 Å². The fourth-order valence-electron chi connectivity index (χ4n) is 9.58. The highest BCUT2D eigenvalue weighted by Gasteiger charge is 2.16. The third kappa shape index (κ3) is 8.13. The molecule has 1 atom stereocenters. The number of nitrogens with zero attached hydrogens (tertiary/aromatic N) is 4. The summed E-state index contributed by atoms with van der Waals surface area (Å²) in [5.74, 6) is 0. The number of rotatable bonds is 5. The van der Waals surface area contributed by atoms with Crippen LogP contribution in [0.5, 0.6) is 0 Å². The number of hydrogen-bond donors (Lipinski definition) is 0. The minimum atomic E-state index is 0.296. The number of aromatic nitrogens is 4. The lowest BCUT2D eigenvalue weighted by Gasteiger charge is -2.11. The van der Waals surface area contributed by atoms with Crippen LogP contribution in [0.25, 0.3) is 110 Å². The minimum absolute atomic E-state index is 0.296. The fraction of sp³-hybridized carbons (Fsp3) is 0.0323. The molecule has 13 rings (SSSR count). The van der Waals surface area contributed by atoms with Crippen molar-refractivity contribution < 1.29 is 0 Å². The predicted molar refractivity (Wildman–Crippen MR) is 297 cm³/mol. The van der Waals surface area contributed by atoms with Gasteiger partial charge in [0.15, 0.2) is 0 Å². The summed E-state index contributed by atoms with van der Waals surface area (Å²) in [7, 11) is 3.02. The molecule has 0 bridgehead atoms. The first-order chi connectivity index (χ1) is 33.5. The van der Waals surface area contributed by atoms with Crippen molar-refractivity contribution in [3.63, 3.8) is 0 Å². The molecule has 0 N–H and O–H groups in total. The van der Waals surface area contributed by atoms with Gasteiger partial charge in [-0.1, -0.05) is 165 Å². The lowest BCUT2D eigenvalue weighted by Crippen LogP contribution is -1.93. The molecule has 0 fully saturated rings. The number of para-hydroxylation sites is 4. The lowest BCUT2D eigenvalue weighted by molar-refractivity contribution is 1.18. The average Bonchev–Trinajstić information content (AvgIpc) is 3.91. The van der Waals surface area contributed by atoms with Gasteiger partial charge in [-0.15, -0.1) is 8.93 Å². The Morgan fingerprint density at radius 3 is 1.06 bits per heavy atom. The van der Waals surface area contributed by atoms with Gasteiger partial charge in [0.1, 0.15) is 0 Å². The molecule has 9 aromatic carbocycles. The van der Waals surface area contributed by atoms with Crippen LogP contribution in [-0.2, 0) is 0 Å². The maximum Gasteiger partial charge on any atom is 0.0970 e. The zero-order chi connectivity index (χ0) is 46.0. The van der Waals surface area contributed by atoms with Gasteiger partial charge >= 0.3 is 0 Å². The summed E-state index contributed by atoms with van der Waals surface area (Å²) in [6, 6.07) is 81.8. The molecule has 4 aromatic heterocycles. The van der Waals surface area contributed by atoms with E-state index >= 15 is 0 Å². The normalized spacial score (nSPS) is 11.3. The Balaban J connectivity index is 0.000000147. The SMILES string of the molecule is CP(C)P.c1ccc(-c2ccnc3c2ccc2c(-c4ccccc4)ccnc23)cc1.c1ccc(-n2c3ccccc3c3cc(-c4ccc5c(c4)c4ccccc4n5-c4ccccc4)ccc32)cc1. The average molecular weight is 911 g/mol. The third-order valence-electron chi connectivity index (χ3n) is 12.5. The van der Waals surface area contributed by atoms with Crippen molar-refractivity contribution in [1.82, 2.24) is 19.1 Å². The Bertz CT molecular complexity index is 3630.